The van der Waals surface area contributed by atoms with Crippen LogP contribution in [0.4, 0.5) is 0 Å². The molecule has 0 radical (unpaired) electrons. The first-order valence-electron chi connectivity index (χ1n) is 10.2. The summed E-state index contributed by atoms with van der Waals surface area (Å²) in [5.41, 5.74) is 6.21. The summed E-state index contributed by atoms with van der Waals surface area (Å²) in [7, 11) is 0. The predicted octanol–water partition coefficient (Wildman–Crippen LogP) is -1.73. The number of hydrogen-bond acceptors (Lipinski definition) is 8. The molecule has 0 aliphatic rings. The Balaban J connectivity index is 3.06. The third-order valence-electron chi connectivity index (χ3n) is 4.93. The van der Waals surface area contributed by atoms with Crippen LogP contribution in [-0.2, 0) is 30.4 Å². The fourth-order valence-electron chi connectivity index (χ4n) is 2.78. The van der Waals surface area contributed by atoms with Crippen LogP contribution in [0.1, 0.15) is 32.4 Å². The molecular weight excluding hydrogens is 456 g/mol. The summed E-state index contributed by atoms with van der Waals surface area (Å²) in [6, 6.07) is -4.95. The van der Waals surface area contributed by atoms with Crippen molar-refractivity contribution in [3.8, 4) is 0 Å². The molecule has 0 saturated heterocycles. The van der Waals surface area contributed by atoms with Gasteiger partial charge in [0.2, 0.25) is 17.7 Å². The lowest BCUT2D eigenvalue weighted by atomic mass is 9.97. The maximum atomic E-state index is 13.0. The fourth-order valence-corrected chi connectivity index (χ4v) is 2.94. The fraction of sp³-hybridized carbons (Fsp3) is 0.579. The number of carbonyl (C=O) groups is 5. The largest absolute Gasteiger partial charge is 0.481 e. The number of nitrogens with zero attached hydrogens (tertiary/aromatic N) is 1. The molecule has 0 aliphatic heterocycles. The number of amides is 3. The first-order valence-corrected chi connectivity index (χ1v) is 10.8. The minimum absolute atomic E-state index is 0.0163. The molecule has 0 spiro atoms. The van der Waals surface area contributed by atoms with E-state index in [0.29, 0.717) is 12.1 Å². The van der Waals surface area contributed by atoms with E-state index in [9.17, 15) is 29.1 Å². The lowest BCUT2D eigenvalue weighted by molar-refractivity contribution is -0.147. The van der Waals surface area contributed by atoms with Crippen LogP contribution in [0, 0.1) is 5.92 Å². The van der Waals surface area contributed by atoms with Gasteiger partial charge in [-0.2, -0.15) is 12.6 Å². The summed E-state index contributed by atoms with van der Waals surface area (Å²) in [6.45, 7) is 3.43. The Kier molecular flexibility index (Phi) is 11.4. The predicted molar refractivity (Wildman–Crippen MR) is 119 cm³/mol. The Morgan fingerprint density at radius 1 is 1.09 bits per heavy atom. The standard InChI is InChI=1S/C19H30N6O7S/c1-3-9(2)15(18(30)24-13(19(31)32)5-14(26)27)25-17(29)12(4-10-6-21-8-22-10)23-16(28)11(20)7-33/h6,8-9,11-13,15,33H,3-5,7,20H2,1-2H3,(H,21,22)(H,23,28)(H,24,30)(H,25,29)(H,26,27)(H,31,32). The summed E-state index contributed by atoms with van der Waals surface area (Å²) in [6.07, 6.45) is 2.49. The Morgan fingerprint density at radius 2 is 1.73 bits per heavy atom. The van der Waals surface area contributed by atoms with Gasteiger partial charge in [0, 0.05) is 24.1 Å². The molecule has 0 aromatic carbocycles. The zero-order valence-electron chi connectivity index (χ0n) is 18.3. The average molecular weight is 487 g/mol. The van der Waals surface area contributed by atoms with Gasteiger partial charge >= 0.3 is 11.9 Å². The maximum absolute atomic E-state index is 13.0. The second kappa shape index (κ2) is 13.4. The van der Waals surface area contributed by atoms with Gasteiger partial charge in [-0.05, 0) is 5.92 Å². The van der Waals surface area contributed by atoms with E-state index < -0.39 is 66.2 Å². The van der Waals surface area contributed by atoms with Crippen molar-refractivity contribution < 1.29 is 34.2 Å². The molecule has 14 heteroatoms. The number of carboxylic acids is 2. The van der Waals surface area contributed by atoms with Crippen molar-refractivity contribution in [2.75, 3.05) is 5.75 Å². The lowest BCUT2D eigenvalue weighted by Gasteiger charge is -2.27. The monoisotopic (exact) mass is 486 g/mol. The first-order chi connectivity index (χ1) is 15.5. The van der Waals surface area contributed by atoms with E-state index >= 15 is 0 Å². The summed E-state index contributed by atoms with van der Waals surface area (Å²) in [5.74, 6) is -5.51. The van der Waals surface area contributed by atoms with E-state index in [1.165, 1.54) is 12.5 Å². The minimum atomic E-state index is -1.67. The third-order valence-corrected chi connectivity index (χ3v) is 5.33. The quantitative estimate of drug-likeness (QED) is 0.140. The number of aromatic amines is 1. The highest BCUT2D eigenvalue weighted by Crippen LogP contribution is 2.10. The number of aromatic nitrogens is 2. The van der Waals surface area contributed by atoms with Crippen LogP contribution in [0.25, 0.3) is 0 Å². The Labute approximate surface area is 195 Å². The second-order valence-electron chi connectivity index (χ2n) is 7.50. The number of hydrogen-bond donors (Lipinski definition) is 8. The van der Waals surface area contributed by atoms with Crippen LogP contribution >= 0.6 is 12.6 Å². The van der Waals surface area contributed by atoms with Crippen molar-refractivity contribution >= 4 is 42.3 Å². The average Bonchev–Trinajstić information content (AvgIpc) is 3.27. The van der Waals surface area contributed by atoms with Gasteiger partial charge < -0.3 is 36.9 Å². The Morgan fingerprint density at radius 3 is 2.21 bits per heavy atom. The van der Waals surface area contributed by atoms with Gasteiger partial charge in [-0.3, -0.25) is 19.2 Å². The Hall–Kier alpha value is -3.13. The molecule has 33 heavy (non-hydrogen) atoms. The van der Waals surface area contributed by atoms with Gasteiger partial charge in [0.05, 0.1) is 18.8 Å². The molecule has 0 saturated carbocycles. The van der Waals surface area contributed by atoms with Crippen LogP contribution in [0.2, 0.25) is 0 Å². The van der Waals surface area contributed by atoms with Gasteiger partial charge in [-0.1, -0.05) is 20.3 Å². The molecule has 0 fully saturated rings. The van der Waals surface area contributed by atoms with Gasteiger partial charge in [0.1, 0.15) is 18.1 Å². The number of nitrogens with two attached hydrogens (primary N) is 1. The van der Waals surface area contributed by atoms with Crippen LogP contribution < -0.4 is 21.7 Å². The second-order valence-corrected chi connectivity index (χ2v) is 7.87. The molecule has 8 N–H and O–H groups in total. The van der Waals surface area contributed by atoms with E-state index in [1.807, 2.05) is 0 Å². The maximum Gasteiger partial charge on any atom is 0.326 e. The lowest BCUT2D eigenvalue weighted by Crippen LogP contribution is -2.59. The van der Waals surface area contributed by atoms with E-state index in [0.717, 1.165) is 0 Å². The number of imidazole rings is 1. The van der Waals surface area contributed by atoms with Gasteiger partial charge in [-0.25, -0.2) is 9.78 Å². The topological polar surface area (TPSA) is 217 Å². The highest BCUT2D eigenvalue weighted by Gasteiger charge is 2.33. The number of carboxylic acid groups (broad SMARTS) is 2. The van der Waals surface area contributed by atoms with Gasteiger partial charge in [-0.15, -0.1) is 0 Å². The molecule has 1 aromatic rings. The molecule has 1 heterocycles. The van der Waals surface area contributed by atoms with E-state index in [-0.39, 0.29) is 12.2 Å². The van der Waals surface area contributed by atoms with Crippen LogP contribution in [0.5, 0.6) is 0 Å². The zero-order valence-corrected chi connectivity index (χ0v) is 19.2. The first kappa shape index (κ1) is 27.9. The van der Waals surface area contributed by atoms with Crippen molar-refractivity contribution in [1.82, 2.24) is 25.9 Å². The van der Waals surface area contributed by atoms with E-state index in [4.69, 9.17) is 10.8 Å². The molecule has 5 unspecified atom stereocenters. The molecular formula is C19H30N6O7S. The molecule has 5 atom stereocenters. The van der Waals surface area contributed by atoms with Crippen molar-refractivity contribution in [2.45, 2.75) is 57.3 Å². The summed E-state index contributed by atoms with van der Waals surface area (Å²) in [5, 5.41) is 25.3. The number of rotatable bonds is 14. The number of aliphatic carboxylic acids is 2. The van der Waals surface area contributed by atoms with Crippen molar-refractivity contribution in [1.29, 1.82) is 0 Å². The third kappa shape index (κ3) is 9.10. The zero-order chi connectivity index (χ0) is 25.1. The molecule has 0 aliphatic carbocycles. The smallest absolute Gasteiger partial charge is 0.326 e. The Bertz CT molecular complexity index is 835. The minimum Gasteiger partial charge on any atom is -0.481 e. The van der Waals surface area contributed by atoms with Crippen LogP contribution in [0.15, 0.2) is 12.5 Å². The van der Waals surface area contributed by atoms with E-state index in [2.05, 4.69) is 38.5 Å². The highest BCUT2D eigenvalue weighted by atomic mass is 32.1. The molecule has 0 bridgehead atoms. The number of thiol groups is 1. The molecule has 1 rings (SSSR count). The van der Waals surface area contributed by atoms with Crippen LogP contribution in [0.3, 0.4) is 0 Å². The van der Waals surface area contributed by atoms with Crippen molar-refractivity contribution in [3.63, 3.8) is 0 Å². The van der Waals surface area contributed by atoms with Crippen molar-refractivity contribution in [3.05, 3.63) is 18.2 Å². The molecule has 3 amide bonds. The molecule has 184 valence electrons. The van der Waals surface area contributed by atoms with Gasteiger partial charge in [0.25, 0.3) is 0 Å². The van der Waals surface area contributed by atoms with Crippen LogP contribution in [-0.4, -0.2) is 79.8 Å². The summed E-state index contributed by atoms with van der Waals surface area (Å²) >= 11 is 3.97. The normalized spacial score (nSPS) is 15.4. The molecule has 1 aromatic heterocycles. The number of H-pyrrole nitrogens is 1. The highest BCUT2D eigenvalue weighted by molar-refractivity contribution is 7.80. The number of nitrogens with one attached hydrogen (secondary N) is 4. The van der Waals surface area contributed by atoms with Gasteiger partial charge in [0.15, 0.2) is 0 Å². The van der Waals surface area contributed by atoms with Crippen molar-refractivity contribution in [2.24, 2.45) is 11.7 Å². The number of carbonyl (C=O) groups excluding carboxylic acids is 3. The summed E-state index contributed by atoms with van der Waals surface area (Å²) in [4.78, 5) is 67.0. The van der Waals surface area contributed by atoms with E-state index in [1.54, 1.807) is 13.8 Å². The summed E-state index contributed by atoms with van der Waals surface area (Å²) < 4.78 is 0. The molecule has 13 nitrogen and oxygen atoms in total. The SMILES string of the molecule is CCC(C)C(NC(=O)C(Cc1cnc[nH]1)NC(=O)C(N)CS)C(=O)NC(CC(=O)O)C(=O)O.